The van der Waals surface area contributed by atoms with Gasteiger partial charge in [-0.3, -0.25) is 19.1 Å². The van der Waals surface area contributed by atoms with Gasteiger partial charge in [0.1, 0.15) is 11.5 Å². The first-order chi connectivity index (χ1) is 27.2. The lowest BCUT2D eigenvalue weighted by molar-refractivity contribution is -0.485. The van der Waals surface area contributed by atoms with Gasteiger partial charge in [-0.25, -0.2) is 9.59 Å². The highest BCUT2D eigenvalue weighted by molar-refractivity contribution is 5.92. The molecule has 59 heavy (non-hydrogen) atoms. The predicted octanol–water partition coefficient (Wildman–Crippen LogP) is 7.41. The minimum Gasteiger partial charge on any atom is -0.507 e. The van der Waals surface area contributed by atoms with Gasteiger partial charge in [0.15, 0.2) is 13.6 Å². The quantitative estimate of drug-likeness (QED) is 0.110. The maximum atomic E-state index is 14.0. The lowest BCUT2D eigenvalue weighted by Crippen LogP contribution is -2.64. The van der Waals surface area contributed by atoms with Gasteiger partial charge in [0.05, 0.1) is 23.3 Å². The van der Waals surface area contributed by atoms with Crippen LogP contribution in [0.25, 0.3) is 0 Å². The summed E-state index contributed by atoms with van der Waals surface area (Å²) in [6.07, 6.45) is 0.273. The molecule has 0 atom stereocenters. The lowest BCUT2D eigenvalue weighted by Gasteiger charge is -2.54. The van der Waals surface area contributed by atoms with E-state index in [-0.39, 0.29) is 34.4 Å². The van der Waals surface area contributed by atoms with Crippen molar-refractivity contribution in [2.24, 2.45) is 0 Å². The molecule has 0 aliphatic carbocycles. The van der Waals surface area contributed by atoms with E-state index in [0.29, 0.717) is 47.9 Å². The number of rotatable bonds is 14. The summed E-state index contributed by atoms with van der Waals surface area (Å²) in [6, 6.07) is 5.62. The number of esters is 2. The number of benzene rings is 2. The largest absolute Gasteiger partial charge is 0.518 e. The second kappa shape index (κ2) is 17.5. The average Bonchev–Trinajstić information content (AvgIpc) is 3.10. The number of aryl methyl sites for hydroxylation is 4. The molecule has 2 saturated heterocycles. The molecule has 2 N–H and O–H groups in total. The van der Waals surface area contributed by atoms with Gasteiger partial charge in [0, 0.05) is 22.2 Å². The van der Waals surface area contributed by atoms with Crippen LogP contribution in [0.15, 0.2) is 49.6 Å². The van der Waals surface area contributed by atoms with Crippen LogP contribution < -0.4 is 0 Å². The molecule has 2 aliphatic heterocycles. The van der Waals surface area contributed by atoms with Crippen LogP contribution in [-0.2, 0) is 38.0 Å². The topological polar surface area (TPSA) is 171 Å². The molecule has 2 amide bonds. The summed E-state index contributed by atoms with van der Waals surface area (Å²) in [5, 5.41) is 20.9. The van der Waals surface area contributed by atoms with Crippen LogP contribution >= 0.6 is 0 Å². The van der Waals surface area contributed by atoms with Crippen LogP contribution in [0.4, 0.5) is 0 Å². The van der Waals surface area contributed by atoms with E-state index in [1.54, 1.807) is 37.5 Å². The maximum absolute atomic E-state index is 14.0. The Morgan fingerprint density at radius 1 is 0.610 bits per heavy atom. The van der Waals surface area contributed by atoms with Gasteiger partial charge in [-0.05, 0) is 167 Å². The van der Waals surface area contributed by atoms with E-state index in [4.69, 9.17) is 28.4 Å². The number of ether oxygens (including phenoxy) is 6. The second-order valence-corrected chi connectivity index (χ2v) is 18.1. The van der Waals surface area contributed by atoms with Crippen molar-refractivity contribution in [3.8, 4) is 11.5 Å². The van der Waals surface area contributed by atoms with Crippen molar-refractivity contribution in [2.45, 2.75) is 149 Å². The molecular weight excluding hydrogens is 760 g/mol. The van der Waals surface area contributed by atoms with Crippen molar-refractivity contribution < 1.29 is 57.8 Å². The lowest BCUT2D eigenvalue weighted by atomic mass is 9.78. The molecule has 14 nitrogen and oxygen atoms in total. The molecule has 0 bridgehead atoms. The molecule has 0 aromatic heterocycles. The summed E-state index contributed by atoms with van der Waals surface area (Å²) < 4.78 is 36.4. The number of hydrogen-bond donors (Lipinski definition) is 2. The van der Waals surface area contributed by atoms with Gasteiger partial charge < -0.3 is 39.0 Å². The third-order valence-corrected chi connectivity index (χ3v) is 11.1. The number of carbonyl (C=O) groups is 4. The molecular formula is C45H62N2O12. The fourth-order valence-electron chi connectivity index (χ4n) is 9.07. The number of hydrogen-bond acceptors (Lipinski definition) is 12. The minimum absolute atomic E-state index is 0.00547. The molecule has 0 unspecified atom stereocenters. The van der Waals surface area contributed by atoms with Crippen molar-refractivity contribution in [1.82, 2.24) is 9.80 Å². The van der Waals surface area contributed by atoms with Gasteiger partial charge in [-0.2, -0.15) is 0 Å². The van der Waals surface area contributed by atoms with Crippen LogP contribution in [0.3, 0.4) is 0 Å². The highest BCUT2D eigenvalue weighted by Gasteiger charge is 2.51. The molecule has 0 radical (unpaired) electrons. The molecule has 2 aromatic carbocycles. The summed E-state index contributed by atoms with van der Waals surface area (Å²) in [7, 11) is 0. The van der Waals surface area contributed by atoms with Crippen molar-refractivity contribution in [3.05, 3.63) is 83.0 Å². The molecule has 324 valence electrons. The van der Waals surface area contributed by atoms with E-state index in [1.807, 2.05) is 55.4 Å². The first kappa shape index (κ1) is 46.9. The molecule has 2 fully saturated rings. The maximum Gasteiger partial charge on any atom is 0.518 e. The van der Waals surface area contributed by atoms with Gasteiger partial charge >= 0.3 is 18.1 Å². The molecule has 2 aliphatic rings. The van der Waals surface area contributed by atoms with Crippen molar-refractivity contribution in [1.29, 1.82) is 0 Å². The Morgan fingerprint density at radius 3 is 1.14 bits per heavy atom. The zero-order valence-corrected chi connectivity index (χ0v) is 36.6. The number of carbonyl (C=O) groups excluding carboxylic acids is 4. The number of phenolic OH excluding ortho intramolecular Hbond substituents is 2. The first-order valence-corrected chi connectivity index (χ1v) is 19.7. The average molecular weight is 823 g/mol. The first-order valence-electron chi connectivity index (χ1n) is 19.7. The standard InChI is InChI=1S/C45H62N2O12/c1-15-35(48)46-41(7,8)21-33(22-42(46,9)10)54-25-56-45(58-39(52)31-17-27(3)37(50)28(4)18-31,59-40(53)32-19-29(5)38(51)30(6)20-32)57-26-55-34-23-43(11,12)47(36(49)16-2)44(13,14)24-34/h15-20,33-34,50-51H,1-2,21-26H2,3-14H3. The number of piperidine rings is 2. The summed E-state index contributed by atoms with van der Waals surface area (Å²) in [6.45, 7) is 27.9. The van der Waals surface area contributed by atoms with Crippen LogP contribution in [0, 0.1) is 27.7 Å². The fourth-order valence-corrected chi connectivity index (χ4v) is 9.07. The second-order valence-electron chi connectivity index (χ2n) is 18.1. The smallest absolute Gasteiger partial charge is 0.507 e. The Hall–Kier alpha value is -4.76. The number of nitrogens with zero attached hydrogens (tertiary/aromatic N) is 2. The Morgan fingerprint density at radius 2 is 0.881 bits per heavy atom. The Balaban J connectivity index is 1.72. The zero-order chi connectivity index (χ0) is 44.5. The number of aromatic hydroxyl groups is 2. The molecule has 14 heteroatoms. The van der Waals surface area contributed by atoms with Crippen molar-refractivity contribution in [2.75, 3.05) is 13.6 Å². The molecule has 2 heterocycles. The third kappa shape index (κ3) is 10.5. The Labute approximate surface area is 348 Å². The summed E-state index contributed by atoms with van der Waals surface area (Å²) in [5.74, 6) is -2.51. The van der Waals surface area contributed by atoms with E-state index in [1.165, 1.54) is 36.4 Å². The number of amides is 2. The van der Waals surface area contributed by atoms with E-state index in [2.05, 4.69) is 13.2 Å². The Kier molecular flexibility index (Phi) is 13.9. The summed E-state index contributed by atoms with van der Waals surface area (Å²) in [5.41, 5.74) is -1.08. The highest BCUT2D eigenvalue weighted by atomic mass is 17.0. The highest BCUT2D eigenvalue weighted by Crippen LogP contribution is 2.42. The van der Waals surface area contributed by atoms with E-state index in [0.717, 1.165) is 0 Å². The predicted molar refractivity (Wildman–Crippen MR) is 219 cm³/mol. The third-order valence-electron chi connectivity index (χ3n) is 11.1. The fraction of sp³-hybridized carbons (Fsp3) is 0.556. The SMILES string of the molecule is C=CC(=O)N1C(C)(C)CC(OCOC(OCOC2CC(C)(C)N(C(=O)C=C)C(C)(C)C2)(OC(=O)c2cc(C)c(O)c(C)c2)OC(=O)c2cc(C)c(O)c(C)c2)CC1(C)C. The van der Waals surface area contributed by atoms with E-state index in [9.17, 15) is 29.4 Å². The molecule has 4 rings (SSSR count). The van der Waals surface area contributed by atoms with Crippen LogP contribution in [0.2, 0.25) is 0 Å². The normalized spacial score (nSPS) is 18.8. The molecule has 2 aromatic rings. The number of phenols is 2. The van der Waals surface area contributed by atoms with E-state index < -0.39 is 66.0 Å². The zero-order valence-electron chi connectivity index (χ0n) is 36.6. The minimum atomic E-state index is -2.91. The van der Waals surface area contributed by atoms with Crippen molar-refractivity contribution >= 4 is 23.8 Å². The van der Waals surface area contributed by atoms with Crippen molar-refractivity contribution in [3.63, 3.8) is 0 Å². The van der Waals surface area contributed by atoms with Gasteiger partial charge in [-0.15, -0.1) is 0 Å². The van der Waals surface area contributed by atoms with Gasteiger partial charge in [0.2, 0.25) is 11.8 Å². The van der Waals surface area contributed by atoms with Crippen LogP contribution in [-0.4, -0.2) is 97.9 Å². The number of likely N-dealkylation sites (tertiary alicyclic amines) is 2. The molecule has 0 spiro atoms. The monoisotopic (exact) mass is 822 g/mol. The summed E-state index contributed by atoms with van der Waals surface area (Å²) in [4.78, 5) is 57.4. The molecule has 0 saturated carbocycles. The van der Waals surface area contributed by atoms with E-state index >= 15 is 0 Å². The summed E-state index contributed by atoms with van der Waals surface area (Å²) >= 11 is 0. The Bertz CT molecular complexity index is 1740. The van der Waals surface area contributed by atoms with Gasteiger partial charge in [-0.1, -0.05) is 13.2 Å². The van der Waals surface area contributed by atoms with Crippen LogP contribution in [0.1, 0.15) is 124 Å². The van der Waals surface area contributed by atoms with Crippen LogP contribution in [0.5, 0.6) is 11.5 Å². The van der Waals surface area contributed by atoms with Gasteiger partial charge in [0.25, 0.3) is 0 Å².